The van der Waals surface area contributed by atoms with Gasteiger partial charge in [0.05, 0.1) is 7.11 Å². The zero-order chi connectivity index (χ0) is 19.3. The smallest absolute Gasteiger partial charge is 0.122 e. The van der Waals surface area contributed by atoms with Crippen molar-refractivity contribution in [1.29, 1.82) is 0 Å². The molecule has 0 aromatic heterocycles. The van der Waals surface area contributed by atoms with Gasteiger partial charge in [0, 0.05) is 25.7 Å². The third kappa shape index (κ3) is 5.21. The Kier molecular flexibility index (Phi) is 7.93. The van der Waals surface area contributed by atoms with Crippen LogP contribution in [0.5, 0.6) is 5.75 Å². The summed E-state index contributed by atoms with van der Waals surface area (Å²) in [6, 6.07) is 5.17. The SMILES string of the molecule is COc1cc(C)c(CN2CC[C@H](N(C)C)[C@H](CCCO)C2)cc1C(C)C. The highest BCUT2D eigenvalue weighted by molar-refractivity contribution is 5.44. The summed E-state index contributed by atoms with van der Waals surface area (Å²) < 4.78 is 5.59. The monoisotopic (exact) mass is 362 g/mol. The lowest BCUT2D eigenvalue weighted by atomic mass is 9.87. The van der Waals surface area contributed by atoms with Crippen molar-refractivity contribution in [2.24, 2.45) is 5.92 Å². The summed E-state index contributed by atoms with van der Waals surface area (Å²) in [5, 5.41) is 9.25. The predicted octanol–water partition coefficient (Wildman–Crippen LogP) is 3.65. The summed E-state index contributed by atoms with van der Waals surface area (Å²) in [7, 11) is 6.14. The second kappa shape index (κ2) is 9.72. The molecule has 148 valence electrons. The molecular formula is C22H38N2O2. The van der Waals surface area contributed by atoms with Gasteiger partial charge in [0.1, 0.15) is 5.75 Å². The van der Waals surface area contributed by atoms with Gasteiger partial charge in [0.2, 0.25) is 0 Å². The lowest BCUT2D eigenvalue weighted by Crippen LogP contribution is -2.48. The normalized spacial score (nSPS) is 21.6. The standard InChI is InChI=1S/C22H38N2O2/c1-16(2)20-13-19(17(3)12-22(20)26-6)15-24-10-9-21(23(4)5)18(14-24)8-7-11-25/h12-13,16,18,21,25H,7-11,14-15H2,1-6H3/t18-,21+/m1/s1. The molecule has 4 nitrogen and oxygen atoms in total. The van der Waals surface area contributed by atoms with Gasteiger partial charge in [-0.2, -0.15) is 0 Å². The van der Waals surface area contributed by atoms with Gasteiger partial charge in [-0.15, -0.1) is 0 Å². The highest BCUT2D eigenvalue weighted by Crippen LogP contribution is 2.31. The van der Waals surface area contributed by atoms with Crippen LogP contribution < -0.4 is 4.74 Å². The average Bonchev–Trinajstić information content (AvgIpc) is 2.60. The number of ether oxygens (including phenoxy) is 1. The molecule has 1 fully saturated rings. The molecule has 1 heterocycles. The molecule has 0 saturated carbocycles. The minimum atomic E-state index is 0.298. The largest absolute Gasteiger partial charge is 0.496 e. The van der Waals surface area contributed by atoms with E-state index in [9.17, 15) is 5.11 Å². The fourth-order valence-electron chi connectivity index (χ4n) is 4.34. The Morgan fingerprint density at radius 2 is 2.04 bits per heavy atom. The Balaban J connectivity index is 2.14. The molecule has 1 N–H and O–H groups in total. The minimum absolute atomic E-state index is 0.298. The van der Waals surface area contributed by atoms with E-state index in [0.717, 1.165) is 38.2 Å². The van der Waals surface area contributed by atoms with Crippen LogP contribution in [0, 0.1) is 12.8 Å². The molecule has 0 bridgehead atoms. The molecule has 0 spiro atoms. The maximum Gasteiger partial charge on any atom is 0.122 e. The van der Waals surface area contributed by atoms with Crippen LogP contribution in [0.1, 0.15) is 55.7 Å². The number of hydrogen-bond donors (Lipinski definition) is 1. The topological polar surface area (TPSA) is 35.9 Å². The molecule has 0 radical (unpaired) electrons. The van der Waals surface area contributed by atoms with Crippen molar-refractivity contribution in [1.82, 2.24) is 9.80 Å². The number of rotatable bonds is 8. The lowest BCUT2D eigenvalue weighted by molar-refractivity contribution is 0.0716. The van der Waals surface area contributed by atoms with Gasteiger partial charge in [-0.3, -0.25) is 4.90 Å². The van der Waals surface area contributed by atoms with Crippen molar-refractivity contribution in [3.63, 3.8) is 0 Å². The molecular weight excluding hydrogens is 324 g/mol. The van der Waals surface area contributed by atoms with E-state index >= 15 is 0 Å². The zero-order valence-electron chi connectivity index (χ0n) is 17.6. The molecule has 1 saturated heterocycles. The number of nitrogens with zero attached hydrogens (tertiary/aromatic N) is 2. The van der Waals surface area contributed by atoms with E-state index in [4.69, 9.17) is 4.74 Å². The number of aliphatic hydroxyl groups is 1. The fraction of sp³-hybridized carbons (Fsp3) is 0.727. The molecule has 0 aliphatic carbocycles. The number of benzene rings is 1. The molecule has 1 aromatic rings. The van der Waals surface area contributed by atoms with Gasteiger partial charge in [-0.1, -0.05) is 19.9 Å². The van der Waals surface area contributed by atoms with Crippen LogP contribution in [0.4, 0.5) is 0 Å². The van der Waals surface area contributed by atoms with Gasteiger partial charge in [0.15, 0.2) is 0 Å². The highest BCUT2D eigenvalue weighted by atomic mass is 16.5. The van der Waals surface area contributed by atoms with Crippen molar-refractivity contribution in [2.75, 3.05) is 40.9 Å². The van der Waals surface area contributed by atoms with Crippen molar-refractivity contribution in [3.8, 4) is 5.75 Å². The first-order valence-corrected chi connectivity index (χ1v) is 10.0. The van der Waals surface area contributed by atoms with Crippen LogP contribution in [0.15, 0.2) is 12.1 Å². The second-order valence-electron chi connectivity index (χ2n) is 8.36. The Labute approximate surface area is 160 Å². The van der Waals surface area contributed by atoms with E-state index in [-0.39, 0.29) is 0 Å². The molecule has 2 atom stereocenters. The molecule has 4 heteroatoms. The van der Waals surface area contributed by atoms with Crippen LogP contribution in [-0.4, -0.2) is 61.8 Å². The van der Waals surface area contributed by atoms with Crippen molar-refractivity contribution in [2.45, 2.75) is 58.5 Å². The Bertz CT molecular complexity index is 572. The zero-order valence-corrected chi connectivity index (χ0v) is 17.6. The van der Waals surface area contributed by atoms with E-state index in [1.165, 1.54) is 23.1 Å². The maximum atomic E-state index is 9.25. The lowest BCUT2D eigenvalue weighted by Gasteiger charge is -2.42. The summed E-state index contributed by atoms with van der Waals surface area (Å²) in [4.78, 5) is 4.97. The van der Waals surface area contributed by atoms with Crippen LogP contribution in [-0.2, 0) is 6.54 Å². The van der Waals surface area contributed by atoms with Crippen LogP contribution in [0.25, 0.3) is 0 Å². The van der Waals surface area contributed by atoms with Gasteiger partial charge in [-0.05, 0) is 81.4 Å². The van der Waals surface area contributed by atoms with E-state index < -0.39 is 0 Å². The van der Waals surface area contributed by atoms with Crippen molar-refractivity contribution in [3.05, 3.63) is 28.8 Å². The first-order valence-electron chi connectivity index (χ1n) is 10.0. The second-order valence-corrected chi connectivity index (χ2v) is 8.36. The summed E-state index contributed by atoms with van der Waals surface area (Å²) in [6.45, 7) is 10.2. The molecule has 0 amide bonds. The molecule has 1 aliphatic rings. The van der Waals surface area contributed by atoms with E-state index in [0.29, 0.717) is 24.5 Å². The Morgan fingerprint density at radius 1 is 1.31 bits per heavy atom. The minimum Gasteiger partial charge on any atom is -0.496 e. The Hall–Kier alpha value is -1.10. The number of likely N-dealkylation sites (tertiary alicyclic amines) is 1. The first kappa shape index (κ1) is 21.2. The average molecular weight is 363 g/mol. The van der Waals surface area contributed by atoms with Crippen LogP contribution >= 0.6 is 0 Å². The summed E-state index contributed by atoms with van der Waals surface area (Å²) in [6.07, 6.45) is 3.21. The highest BCUT2D eigenvalue weighted by Gasteiger charge is 2.30. The van der Waals surface area contributed by atoms with Crippen LogP contribution in [0.3, 0.4) is 0 Å². The quantitative estimate of drug-likeness (QED) is 0.766. The predicted molar refractivity (Wildman–Crippen MR) is 109 cm³/mol. The van der Waals surface area contributed by atoms with Gasteiger partial charge >= 0.3 is 0 Å². The van der Waals surface area contributed by atoms with E-state index in [2.05, 4.69) is 56.8 Å². The summed E-state index contributed by atoms with van der Waals surface area (Å²) in [5.74, 6) is 2.10. The van der Waals surface area contributed by atoms with Crippen LogP contribution in [0.2, 0.25) is 0 Å². The first-order chi connectivity index (χ1) is 12.4. The number of piperidine rings is 1. The molecule has 1 aromatic carbocycles. The number of aryl methyl sites for hydroxylation is 1. The van der Waals surface area contributed by atoms with Crippen molar-refractivity contribution < 1.29 is 9.84 Å². The molecule has 1 aliphatic heterocycles. The number of hydrogen-bond acceptors (Lipinski definition) is 4. The summed E-state index contributed by atoms with van der Waals surface area (Å²) >= 11 is 0. The number of aliphatic hydroxyl groups excluding tert-OH is 1. The third-order valence-electron chi connectivity index (χ3n) is 5.88. The maximum absolute atomic E-state index is 9.25. The molecule has 26 heavy (non-hydrogen) atoms. The molecule has 2 rings (SSSR count). The molecule has 0 unspecified atom stereocenters. The summed E-state index contributed by atoms with van der Waals surface area (Å²) in [5.41, 5.74) is 4.03. The van der Waals surface area contributed by atoms with E-state index in [1.54, 1.807) is 7.11 Å². The fourth-order valence-corrected chi connectivity index (χ4v) is 4.34. The van der Waals surface area contributed by atoms with Gasteiger partial charge in [-0.25, -0.2) is 0 Å². The number of methoxy groups -OCH3 is 1. The third-order valence-corrected chi connectivity index (χ3v) is 5.88. The van der Waals surface area contributed by atoms with E-state index in [1.807, 2.05) is 0 Å². The Morgan fingerprint density at radius 3 is 2.62 bits per heavy atom. The van der Waals surface area contributed by atoms with Gasteiger partial charge < -0.3 is 14.7 Å². The van der Waals surface area contributed by atoms with Crippen molar-refractivity contribution >= 4 is 0 Å². The van der Waals surface area contributed by atoms with Gasteiger partial charge in [0.25, 0.3) is 0 Å².